The van der Waals surface area contributed by atoms with E-state index in [1.807, 2.05) is 6.08 Å². The zero-order chi connectivity index (χ0) is 59.3. The fraction of sp³-hybridized carbons (Fsp3) is 0.767. The van der Waals surface area contributed by atoms with E-state index in [2.05, 4.69) is 104 Å². The summed E-state index contributed by atoms with van der Waals surface area (Å²) in [6.07, 6.45) is 82.3. The first-order chi connectivity index (χ1) is 40.3. The highest BCUT2D eigenvalue weighted by Crippen LogP contribution is 2.23. The van der Waals surface area contributed by atoms with Gasteiger partial charge in [-0.15, -0.1) is 0 Å². The number of aliphatic hydroxyl groups excluding tert-OH is 5. The maximum absolute atomic E-state index is 13.1. The van der Waals surface area contributed by atoms with Crippen molar-refractivity contribution in [2.45, 2.75) is 346 Å². The zero-order valence-corrected chi connectivity index (χ0v) is 53.0. The quantitative estimate of drug-likeness (QED) is 0.0261. The van der Waals surface area contributed by atoms with Crippen molar-refractivity contribution in [2.24, 2.45) is 0 Å². The monoisotopic (exact) mass is 1150 g/mol. The van der Waals surface area contributed by atoms with Gasteiger partial charge in [-0.05, 0) is 89.9 Å². The number of ether oxygens (including phenoxy) is 2. The van der Waals surface area contributed by atoms with Crippen LogP contribution in [-0.2, 0) is 14.3 Å². The number of nitrogens with one attached hydrogen (secondary N) is 1. The van der Waals surface area contributed by atoms with Crippen molar-refractivity contribution >= 4 is 5.91 Å². The molecule has 0 radical (unpaired) electrons. The lowest BCUT2D eigenvalue weighted by Gasteiger charge is -2.40. The smallest absolute Gasteiger partial charge is 0.220 e. The third-order valence-electron chi connectivity index (χ3n) is 15.9. The Morgan fingerprint density at radius 2 is 0.768 bits per heavy atom. The van der Waals surface area contributed by atoms with Crippen LogP contribution < -0.4 is 5.32 Å². The van der Waals surface area contributed by atoms with Crippen LogP contribution in [-0.4, -0.2) is 87.5 Å². The molecule has 9 heteroatoms. The van der Waals surface area contributed by atoms with Crippen molar-refractivity contribution in [1.82, 2.24) is 5.32 Å². The molecular weight excluding hydrogens is 1020 g/mol. The van der Waals surface area contributed by atoms with Crippen molar-refractivity contribution < 1.29 is 39.8 Å². The van der Waals surface area contributed by atoms with E-state index in [1.165, 1.54) is 193 Å². The molecule has 0 bridgehead atoms. The minimum Gasteiger partial charge on any atom is -0.394 e. The van der Waals surface area contributed by atoms with E-state index in [0.717, 1.165) is 89.9 Å². The summed E-state index contributed by atoms with van der Waals surface area (Å²) in [6, 6.07) is -0.838. The van der Waals surface area contributed by atoms with Crippen LogP contribution in [0.15, 0.2) is 97.2 Å². The summed E-state index contributed by atoms with van der Waals surface area (Å²) in [5, 5.41) is 54.7. The Morgan fingerprint density at radius 3 is 1.17 bits per heavy atom. The van der Waals surface area contributed by atoms with E-state index in [9.17, 15) is 30.3 Å². The molecule has 1 saturated heterocycles. The average Bonchev–Trinajstić information content (AvgIpc) is 3.53. The second-order valence-electron chi connectivity index (χ2n) is 23.6. The first-order valence-corrected chi connectivity index (χ1v) is 34.5. The molecule has 9 nitrogen and oxygen atoms in total. The van der Waals surface area contributed by atoms with Crippen LogP contribution in [0.25, 0.3) is 0 Å². The number of rotatable bonds is 59. The van der Waals surface area contributed by atoms with Crippen LogP contribution in [0.3, 0.4) is 0 Å². The van der Waals surface area contributed by atoms with Gasteiger partial charge in [0.05, 0.1) is 25.4 Å². The predicted octanol–water partition coefficient (Wildman–Crippen LogP) is 18.7. The van der Waals surface area contributed by atoms with Crippen LogP contribution in [0.5, 0.6) is 0 Å². The molecule has 6 N–H and O–H groups in total. The van der Waals surface area contributed by atoms with Gasteiger partial charge in [-0.3, -0.25) is 4.79 Å². The first-order valence-electron chi connectivity index (χ1n) is 34.5. The first kappa shape index (κ1) is 77.1. The van der Waals surface area contributed by atoms with Gasteiger partial charge in [-0.1, -0.05) is 304 Å². The predicted molar refractivity (Wildman–Crippen MR) is 350 cm³/mol. The molecule has 0 spiro atoms. The Bertz CT molecular complexity index is 1620. The minimum absolute atomic E-state index is 0.195. The Morgan fingerprint density at radius 1 is 0.427 bits per heavy atom. The number of allylic oxidation sites excluding steroid dienone is 15. The number of hydrogen-bond acceptors (Lipinski definition) is 8. The van der Waals surface area contributed by atoms with E-state index in [-0.39, 0.29) is 12.5 Å². The number of unbranched alkanes of at least 4 members (excludes halogenated alkanes) is 35. The molecule has 474 valence electrons. The van der Waals surface area contributed by atoms with Gasteiger partial charge in [0.25, 0.3) is 0 Å². The largest absolute Gasteiger partial charge is 0.394 e. The van der Waals surface area contributed by atoms with Crippen molar-refractivity contribution in [3.63, 3.8) is 0 Å². The van der Waals surface area contributed by atoms with Crippen molar-refractivity contribution in [2.75, 3.05) is 13.2 Å². The third-order valence-corrected chi connectivity index (χ3v) is 15.9. The topological polar surface area (TPSA) is 149 Å². The molecule has 7 atom stereocenters. The van der Waals surface area contributed by atoms with Gasteiger partial charge in [-0.2, -0.15) is 0 Å². The van der Waals surface area contributed by atoms with Gasteiger partial charge >= 0.3 is 0 Å². The second kappa shape index (κ2) is 61.2. The van der Waals surface area contributed by atoms with Gasteiger partial charge in [0, 0.05) is 6.42 Å². The number of carbonyl (C=O) groups excluding carboxylic acids is 1. The molecule has 1 heterocycles. The molecule has 1 aliphatic heterocycles. The fourth-order valence-electron chi connectivity index (χ4n) is 10.5. The summed E-state index contributed by atoms with van der Waals surface area (Å²) in [5.41, 5.74) is 0. The highest BCUT2D eigenvalue weighted by Gasteiger charge is 2.44. The van der Waals surface area contributed by atoms with Gasteiger partial charge in [0.1, 0.15) is 24.4 Å². The lowest BCUT2D eigenvalue weighted by molar-refractivity contribution is -0.302. The molecule has 0 aromatic carbocycles. The lowest BCUT2D eigenvalue weighted by atomic mass is 9.99. The summed E-state index contributed by atoms with van der Waals surface area (Å²) >= 11 is 0. The molecule has 1 aliphatic rings. The minimum atomic E-state index is -1.58. The van der Waals surface area contributed by atoms with Crippen molar-refractivity contribution in [3.05, 3.63) is 97.2 Å². The number of amides is 1. The van der Waals surface area contributed by atoms with Gasteiger partial charge in [-0.25, -0.2) is 0 Å². The molecule has 1 fully saturated rings. The Kier molecular flexibility index (Phi) is 57.6. The van der Waals surface area contributed by atoms with E-state index in [4.69, 9.17) is 9.47 Å². The van der Waals surface area contributed by atoms with Crippen molar-refractivity contribution in [3.8, 4) is 0 Å². The summed E-state index contributed by atoms with van der Waals surface area (Å²) in [5.74, 6) is -0.195. The summed E-state index contributed by atoms with van der Waals surface area (Å²) in [4.78, 5) is 13.1. The highest BCUT2D eigenvalue weighted by atomic mass is 16.7. The molecule has 1 rings (SSSR count). The molecule has 7 unspecified atom stereocenters. The van der Waals surface area contributed by atoms with Crippen LogP contribution in [0.2, 0.25) is 0 Å². The number of aliphatic hydroxyl groups is 5. The van der Waals surface area contributed by atoms with E-state index < -0.39 is 49.5 Å². The molecule has 0 aliphatic carbocycles. The molecular formula is C73H129NO8. The van der Waals surface area contributed by atoms with Gasteiger partial charge < -0.3 is 40.3 Å². The normalized spacial score (nSPS) is 18.9. The SMILES string of the molecule is CC/C=C\C/C=C\C/C=C\C/C=C\C/C=C\CCCCCCCCCCCCCC(=O)NC(COC1OC(CO)C(O)C(O)C1O)C(O)/C=C/CC/C=C/CC/C=C/CCCCCCCCCCCCCCCCCCCCCCCC. The van der Waals surface area contributed by atoms with E-state index in [0.29, 0.717) is 6.42 Å². The van der Waals surface area contributed by atoms with Gasteiger partial charge in [0.15, 0.2) is 6.29 Å². The van der Waals surface area contributed by atoms with Crippen LogP contribution >= 0.6 is 0 Å². The summed E-state index contributed by atoms with van der Waals surface area (Å²) in [7, 11) is 0. The molecule has 0 aromatic heterocycles. The number of carbonyl (C=O) groups is 1. The summed E-state index contributed by atoms with van der Waals surface area (Å²) in [6.45, 7) is 3.67. The number of hydrogen-bond donors (Lipinski definition) is 6. The lowest BCUT2D eigenvalue weighted by Crippen LogP contribution is -2.60. The Hall–Kier alpha value is -2.89. The second-order valence-corrected chi connectivity index (χ2v) is 23.6. The van der Waals surface area contributed by atoms with E-state index >= 15 is 0 Å². The fourth-order valence-corrected chi connectivity index (χ4v) is 10.5. The van der Waals surface area contributed by atoms with Crippen LogP contribution in [0.4, 0.5) is 0 Å². The highest BCUT2D eigenvalue weighted by molar-refractivity contribution is 5.76. The maximum Gasteiger partial charge on any atom is 0.220 e. The van der Waals surface area contributed by atoms with E-state index in [1.54, 1.807) is 6.08 Å². The van der Waals surface area contributed by atoms with Gasteiger partial charge in [0.2, 0.25) is 5.91 Å². The third kappa shape index (κ3) is 49.4. The van der Waals surface area contributed by atoms with Crippen LogP contribution in [0.1, 0.15) is 303 Å². The molecule has 0 aromatic rings. The van der Waals surface area contributed by atoms with Crippen molar-refractivity contribution in [1.29, 1.82) is 0 Å². The standard InChI is InChI=1S/C73H129NO8/c1-3-5-7-9-11-13-15-17-19-21-23-25-27-29-31-32-33-34-35-37-38-40-42-44-46-48-50-52-54-56-58-60-62-67(76)66(65-81-73-72(80)71(79)70(78)68(64-75)82-73)74-69(77)63-61-59-57-55-53-51-49-47-45-43-41-39-36-30-28-26-24-22-20-18-16-14-12-10-8-6-4-2/h6,8,12,14,18,20,24,26,30,36,44,46,52,54,60,62,66-68,70-73,75-76,78-80H,3-5,7,9-11,13,15-17,19,21-23,25,27-29,31-35,37-43,45,47-51,53,55-59,61,63-65H2,1-2H3,(H,74,77)/b8-6-,14-12-,20-18-,26-24-,36-30-,46-44+,54-52+,62-60+. The van der Waals surface area contributed by atoms with Crippen LogP contribution in [0, 0.1) is 0 Å². The molecule has 0 saturated carbocycles. The average molecular weight is 1150 g/mol. The Balaban J connectivity index is 2.19. The summed E-state index contributed by atoms with van der Waals surface area (Å²) < 4.78 is 11.3. The Labute approximate surface area is 504 Å². The molecule has 1 amide bonds. The maximum atomic E-state index is 13.1. The molecule has 82 heavy (non-hydrogen) atoms. The zero-order valence-electron chi connectivity index (χ0n) is 53.0.